The molecule has 110 valence electrons. The summed E-state index contributed by atoms with van der Waals surface area (Å²) in [6.45, 7) is 4.29. The summed E-state index contributed by atoms with van der Waals surface area (Å²) in [7, 11) is 0. The zero-order valence-electron chi connectivity index (χ0n) is 11.8. The van der Waals surface area contributed by atoms with Crippen LogP contribution in [0.4, 0.5) is 5.82 Å². The zero-order chi connectivity index (χ0) is 14.5. The summed E-state index contributed by atoms with van der Waals surface area (Å²) in [4.78, 5) is 16.9. The van der Waals surface area contributed by atoms with Gasteiger partial charge in [0.05, 0.1) is 12.3 Å². The molecule has 1 aliphatic rings. The minimum atomic E-state index is -0.462. The lowest BCUT2D eigenvalue weighted by Crippen LogP contribution is -2.47. The summed E-state index contributed by atoms with van der Waals surface area (Å²) in [6.07, 6.45) is 8.16. The van der Waals surface area contributed by atoms with E-state index in [1.54, 1.807) is 31.0 Å². The van der Waals surface area contributed by atoms with Gasteiger partial charge in [-0.3, -0.25) is 14.9 Å². The number of anilines is 1. The number of rotatable bonds is 4. The van der Waals surface area contributed by atoms with Gasteiger partial charge in [-0.25, -0.2) is 4.98 Å². The maximum absolute atomic E-state index is 10.3. The first-order valence-electron chi connectivity index (χ1n) is 7.14. The Morgan fingerprint density at radius 2 is 1.76 bits per heavy atom. The molecule has 1 fully saturated rings. The summed E-state index contributed by atoms with van der Waals surface area (Å²) in [5.74, 6) is 0.923. The summed E-state index contributed by atoms with van der Waals surface area (Å²) in [6, 6.07) is 3.72. The smallest absolute Gasteiger partial charge is 0.147 e. The molecular formula is C15H19N5O. The van der Waals surface area contributed by atoms with Gasteiger partial charge in [-0.05, 0) is 17.7 Å². The van der Waals surface area contributed by atoms with Crippen LogP contribution in [0, 0.1) is 0 Å². The standard InChI is InChI=1S/C15H19N5O/c21-14(13-1-3-16-4-2-13)12-19-7-9-20(10-8-19)15-11-17-5-6-18-15/h1-6,11,14,21H,7-10,12H2. The Labute approximate surface area is 124 Å². The first-order chi connectivity index (χ1) is 10.3. The van der Waals surface area contributed by atoms with Crippen LogP contribution in [0.5, 0.6) is 0 Å². The Kier molecular flexibility index (Phi) is 4.37. The number of hydrogen-bond acceptors (Lipinski definition) is 6. The van der Waals surface area contributed by atoms with Crippen molar-refractivity contribution in [1.82, 2.24) is 19.9 Å². The third-order valence-corrected chi connectivity index (χ3v) is 3.77. The number of pyridine rings is 1. The van der Waals surface area contributed by atoms with Crippen molar-refractivity contribution in [3.05, 3.63) is 48.7 Å². The average molecular weight is 285 g/mol. The number of hydrogen-bond donors (Lipinski definition) is 1. The molecule has 0 amide bonds. The summed E-state index contributed by atoms with van der Waals surface area (Å²) >= 11 is 0. The quantitative estimate of drug-likeness (QED) is 0.893. The molecule has 6 heteroatoms. The molecule has 0 bridgehead atoms. The molecule has 0 saturated carbocycles. The van der Waals surface area contributed by atoms with Crippen LogP contribution in [0.2, 0.25) is 0 Å². The van der Waals surface area contributed by atoms with Crippen LogP contribution in [0.25, 0.3) is 0 Å². The number of piperazine rings is 1. The van der Waals surface area contributed by atoms with E-state index in [4.69, 9.17) is 0 Å². The summed E-state index contributed by atoms with van der Waals surface area (Å²) in [5, 5.41) is 10.3. The Hall–Kier alpha value is -2.05. The van der Waals surface area contributed by atoms with E-state index in [1.165, 1.54) is 0 Å². The van der Waals surface area contributed by atoms with Crippen molar-refractivity contribution in [2.24, 2.45) is 0 Å². The van der Waals surface area contributed by atoms with E-state index >= 15 is 0 Å². The lowest BCUT2D eigenvalue weighted by atomic mass is 10.1. The molecule has 3 rings (SSSR count). The van der Waals surface area contributed by atoms with E-state index in [9.17, 15) is 5.11 Å². The van der Waals surface area contributed by atoms with Crippen molar-refractivity contribution in [3.8, 4) is 0 Å². The average Bonchev–Trinajstić information content (AvgIpc) is 2.57. The highest BCUT2D eigenvalue weighted by molar-refractivity contribution is 5.35. The van der Waals surface area contributed by atoms with E-state index < -0.39 is 6.10 Å². The number of aromatic nitrogens is 3. The molecule has 6 nitrogen and oxygen atoms in total. The van der Waals surface area contributed by atoms with Crippen molar-refractivity contribution in [2.75, 3.05) is 37.6 Å². The van der Waals surface area contributed by atoms with Gasteiger partial charge in [0.15, 0.2) is 0 Å². The fourth-order valence-electron chi connectivity index (χ4n) is 2.55. The van der Waals surface area contributed by atoms with Gasteiger partial charge in [-0.1, -0.05) is 0 Å². The van der Waals surface area contributed by atoms with Crippen LogP contribution in [-0.4, -0.2) is 57.7 Å². The van der Waals surface area contributed by atoms with Crippen LogP contribution in [-0.2, 0) is 0 Å². The molecule has 1 saturated heterocycles. The van der Waals surface area contributed by atoms with Gasteiger partial charge in [-0.2, -0.15) is 0 Å². The minimum absolute atomic E-state index is 0.462. The van der Waals surface area contributed by atoms with Gasteiger partial charge in [0.2, 0.25) is 0 Å². The van der Waals surface area contributed by atoms with Crippen molar-refractivity contribution in [3.63, 3.8) is 0 Å². The number of aliphatic hydroxyl groups is 1. The third kappa shape index (κ3) is 3.53. The van der Waals surface area contributed by atoms with Crippen molar-refractivity contribution >= 4 is 5.82 Å². The summed E-state index contributed by atoms with van der Waals surface area (Å²) in [5.41, 5.74) is 0.918. The molecule has 3 heterocycles. The molecule has 0 spiro atoms. The van der Waals surface area contributed by atoms with Crippen LogP contribution >= 0.6 is 0 Å². The van der Waals surface area contributed by atoms with Crippen molar-refractivity contribution in [2.45, 2.75) is 6.10 Å². The van der Waals surface area contributed by atoms with E-state index in [0.29, 0.717) is 6.54 Å². The van der Waals surface area contributed by atoms with Gasteiger partial charge in [0.25, 0.3) is 0 Å². The molecule has 21 heavy (non-hydrogen) atoms. The van der Waals surface area contributed by atoms with Gasteiger partial charge >= 0.3 is 0 Å². The summed E-state index contributed by atoms with van der Waals surface area (Å²) < 4.78 is 0. The monoisotopic (exact) mass is 285 g/mol. The van der Waals surface area contributed by atoms with E-state index in [-0.39, 0.29) is 0 Å². The van der Waals surface area contributed by atoms with Gasteiger partial charge in [-0.15, -0.1) is 0 Å². The third-order valence-electron chi connectivity index (χ3n) is 3.77. The number of β-amino-alcohol motifs (C(OH)–C–C–N with tert-alkyl or cyclic N) is 1. The van der Waals surface area contributed by atoms with Crippen molar-refractivity contribution in [1.29, 1.82) is 0 Å². The van der Waals surface area contributed by atoms with E-state index in [0.717, 1.165) is 37.6 Å². The van der Waals surface area contributed by atoms with Gasteiger partial charge < -0.3 is 10.0 Å². The fraction of sp³-hybridized carbons (Fsp3) is 0.400. The Morgan fingerprint density at radius 3 is 2.43 bits per heavy atom. The van der Waals surface area contributed by atoms with Gasteiger partial charge in [0, 0.05) is 57.5 Å². The molecule has 1 aliphatic heterocycles. The lowest BCUT2D eigenvalue weighted by Gasteiger charge is -2.36. The largest absolute Gasteiger partial charge is 0.387 e. The molecule has 1 atom stereocenters. The van der Waals surface area contributed by atoms with E-state index in [2.05, 4.69) is 24.8 Å². The van der Waals surface area contributed by atoms with Crippen LogP contribution in [0.3, 0.4) is 0 Å². The highest BCUT2D eigenvalue weighted by Crippen LogP contribution is 2.16. The van der Waals surface area contributed by atoms with Crippen LogP contribution in [0.1, 0.15) is 11.7 Å². The lowest BCUT2D eigenvalue weighted by molar-refractivity contribution is 0.109. The molecule has 1 N–H and O–H groups in total. The maximum Gasteiger partial charge on any atom is 0.147 e. The molecule has 2 aromatic heterocycles. The second-order valence-electron chi connectivity index (χ2n) is 5.15. The Balaban J connectivity index is 1.52. The first kappa shape index (κ1) is 13.9. The normalized spacial score (nSPS) is 17.7. The highest BCUT2D eigenvalue weighted by atomic mass is 16.3. The number of aliphatic hydroxyl groups excluding tert-OH is 1. The highest BCUT2D eigenvalue weighted by Gasteiger charge is 2.20. The molecule has 0 aliphatic carbocycles. The Morgan fingerprint density at radius 1 is 1.00 bits per heavy atom. The van der Waals surface area contributed by atoms with Crippen LogP contribution in [0.15, 0.2) is 43.1 Å². The molecular weight excluding hydrogens is 266 g/mol. The van der Waals surface area contributed by atoms with Gasteiger partial charge in [0.1, 0.15) is 5.82 Å². The molecule has 2 aromatic rings. The predicted octanol–water partition coefficient (Wildman–Crippen LogP) is 0.727. The molecule has 1 unspecified atom stereocenters. The SMILES string of the molecule is OC(CN1CCN(c2cnccn2)CC1)c1ccncc1. The Bertz CT molecular complexity index is 543. The van der Waals surface area contributed by atoms with E-state index in [1.807, 2.05) is 12.1 Å². The predicted molar refractivity (Wildman–Crippen MR) is 79.9 cm³/mol. The second kappa shape index (κ2) is 6.60. The zero-order valence-corrected chi connectivity index (χ0v) is 11.8. The maximum atomic E-state index is 10.3. The first-order valence-corrected chi connectivity index (χ1v) is 7.14. The van der Waals surface area contributed by atoms with Crippen LogP contribution < -0.4 is 4.90 Å². The number of nitrogens with zero attached hydrogens (tertiary/aromatic N) is 5. The molecule has 0 radical (unpaired) electrons. The fourth-order valence-corrected chi connectivity index (χ4v) is 2.55. The second-order valence-corrected chi connectivity index (χ2v) is 5.15. The van der Waals surface area contributed by atoms with Crippen molar-refractivity contribution < 1.29 is 5.11 Å². The molecule has 0 aromatic carbocycles. The minimum Gasteiger partial charge on any atom is -0.387 e. The topological polar surface area (TPSA) is 65.4 Å².